The van der Waals surface area contributed by atoms with Gasteiger partial charge in [-0.1, -0.05) is 6.92 Å². The molecule has 0 aromatic rings. The lowest BCUT2D eigenvalue weighted by Crippen LogP contribution is -2.42. The summed E-state index contributed by atoms with van der Waals surface area (Å²) in [4.78, 5) is 24.3. The van der Waals surface area contributed by atoms with Crippen LogP contribution in [0.15, 0.2) is 0 Å². The highest BCUT2D eigenvalue weighted by Gasteiger charge is 2.22. The third-order valence-electron chi connectivity index (χ3n) is 3.70. The van der Waals surface area contributed by atoms with Crippen LogP contribution in [0.5, 0.6) is 0 Å². The number of hydrogen-bond acceptors (Lipinski definition) is 4. The van der Waals surface area contributed by atoms with Crippen LogP contribution in [0.4, 0.5) is 0 Å². The topological polar surface area (TPSA) is 78.9 Å². The van der Waals surface area contributed by atoms with Crippen molar-refractivity contribution in [2.24, 2.45) is 0 Å². The van der Waals surface area contributed by atoms with E-state index in [1.54, 1.807) is 0 Å². The van der Waals surface area contributed by atoms with Crippen LogP contribution >= 0.6 is 0 Å². The number of carboxylic acids is 1. The Morgan fingerprint density at radius 2 is 2.05 bits per heavy atom. The number of ether oxygens (including phenoxy) is 1. The summed E-state index contributed by atoms with van der Waals surface area (Å²) in [5, 5.41) is 12.1. The fourth-order valence-corrected chi connectivity index (χ4v) is 2.27. The first kappa shape index (κ1) is 16.9. The van der Waals surface area contributed by atoms with Crippen LogP contribution in [-0.2, 0) is 14.3 Å². The first-order valence-electron chi connectivity index (χ1n) is 7.38. The quantitative estimate of drug-likeness (QED) is 0.692. The lowest BCUT2D eigenvalue weighted by atomic mass is 10.1. The molecule has 0 bridgehead atoms. The first-order chi connectivity index (χ1) is 9.54. The molecule has 0 spiro atoms. The minimum Gasteiger partial charge on any atom is -0.480 e. The maximum absolute atomic E-state index is 12.1. The molecule has 1 amide bonds. The predicted octanol–water partition coefficient (Wildman–Crippen LogP) is 0.857. The van der Waals surface area contributed by atoms with Crippen LogP contribution in [0.25, 0.3) is 0 Å². The van der Waals surface area contributed by atoms with E-state index in [1.807, 2.05) is 13.8 Å². The number of carbonyl (C=O) groups excluding carboxylic acids is 1. The maximum atomic E-state index is 12.1. The van der Waals surface area contributed by atoms with E-state index in [0.717, 1.165) is 32.4 Å². The van der Waals surface area contributed by atoms with Crippen molar-refractivity contribution in [3.05, 3.63) is 0 Å². The number of carbonyl (C=O) groups is 2. The van der Waals surface area contributed by atoms with Crippen molar-refractivity contribution in [3.8, 4) is 0 Å². The van der Waals surface area contributed by atoms with Gasteiger partial charge in [0, 0.05) is 6.04 Å². The van der Waals surface area contributed by atoms with Crippen molar-refractivity contribution < 1.29 is 19.4 Å². The molecular formula is C14H26N2O4. The van der Waals surface area contributed by atoms with Crippen LogP contribution in [0.1, 0.15) is 39.5 Å². The Labute approximate surface area is 120 Å². The van der Waals surface area contributed by atoms with Gasteiger partial charge in [-0.25, -0.2) is 0 Å². The van der Waals surface area contributed by atoms with E-state index in [4.69, 9.17) is 9.84 Å². The molecule has 1 saturated heterocycles. The molecule has 0 radical (unpaired) electrons. The predicted molar refractivity (Wildman–Crippen MR) is 75.6 cm³/mol. The Hall–Kier alpha value is -1.14. The summed E-state index contributed by atoms with van der Waals surface area (Å²) in [5.41, 5.74) is 0. The SMILES string of the molecule is CCC(C)N(CC(=O)O)C(=O)CCOC1CCNCC1. The molecule has 0 saturated carbocycles. The van der Waals surface area contributed by atoms with Crippen LogP contribution in [0.3, 0.4) is 0 Å². The average molecular weight is 286 g/mol. The zero-order chi connectivity index (χ0) is 15.0. The Morgan fingerprint density at radius 1 is 1.40 bits per heavy atom. The Balaban J connectivity index is 2.34. The number of carboxylic acid groups (broad SMARTS) is 1. The monoisotopic (exact) mass is 286 g/mol. The van der Waals surface area contributed by atoms with Gasteiger partial charge in [-0.2, -0.15) is 0 Å². The zero-order valence-corrected chi connectivity index (χ0v) is 12.4. The molecule has 1 atom stereocenters. The molecule has 6 nitrogen and oxygen atoms in total. The van der Waals surface area contributed by atoms with Crippen LogP contribution < -0.4 is 5.32 Å². The molecule has 6 heteroatoms. The van der Waals surface area contributed by atoms with Crippen molar-refractivity contribution in [1.82, 2.24) is 10.2 Å². The van der Waals surface area contributed by atoms with E-state index in [0.29, 0.717) is 6.61 Å². The molecule has 1 heterocycles. The van der Waals surface area contributed by atoms with Gasteiger partial charge in [0.25, 0.3) is 0 Å². The fourth-order valence-electron chi connectivity index (χ4n) is 2.27. The third-order valence-corrected chi connectivity index (χ3v) is 3.70. The summed E-state index contributed by atoms with van der Waals surface area (Å²) in [6, 6.07) is -0.0579. The molecule has 1 rings (SSSR count). The van der Waals surface area contributed by atoms with E-state index in [2.05, 4.69) is 5.32 Å². The normalized spacial score (nSPS) is 17.7. The van der Waals surface area contributed by atoms with Crippen molar-refractivity contribution in [3.63, 3.8) is 0 Å². The van der Waals surface area contributed by atoms with Gasteiger partial charge in [0.2, 0.25) is 5.91 Å². The number of hydrogen-bond donors (Lipinski definition) is 2. The van der Waals surface area contributed by atoms with Crippen LogP contribution in [-0.4, -0.2) is 60.3 Å². The summed E-state index contributed by atoms with van der Waals surface area (Å²) in [5.74, 6) is -1.12. The smallest absolute Gasteiger partial charge is 0.323 e. The highest BCUT2D eigenvalue weighted by molar-refractivity contribution is 5.81. The van der Waals surface area contributed by atoms with Crippen molar-refractivity contribution in [2.45, 2.75) is 51.7 Å². The summed E-state index contributed by atoms with van der Waals surface area (Å²) in [6.45, 7) is 5.86. The van der Waals surface area contributed by atoms with Crippen LogP contribution in [0, 0.1) is 0 Å². The number of rotatable bonds is 8. The number of piperidine rings is 1. The maximum Gasteiger partial charge on any atom is 0.323 e. The van der Waals surface area contributed by atoms with Gasteiger partial charge < -0.3 is 20.1 Å². The highest BCUT2D eigenvalue weighted by Crippen LogP contribution is 2.10. The Bertz CT molecular complexity index is 316. The second-order valence-corrected chi connectivity index (χ2v) is 5.24. The molecule has 20 heavy (non-hydrogen) atoms. The van der Waals surface area contributed by atoms with Gasteiger partial charge in [-0.05, 0) is 39.3 Å². The van der Waals surface area contributed by atoms with E-state index >= 15 is 0 Å². The standard InChI is InChI=1S/C14H26N2O4/c1-3-11(2)16(10-14(18)19)13(17)6-9-20-12-4-7-15-8-5-12/h11-12,15H,3-10H2,1-2H3,(H,18,19). The van der Waals surface area contributed by atoms with E-state index in [1.165, 1.54) is 4.90 Å². The van der Waals surface area contributed by atoms with Crippen molar-refractivity contribution in [2.75, 3.05) is 26.2 Å². The Kier molecular flexibility index (Phi) is 7.54. The minimum absolute atomic E-state index is 0.0579. The summed E-state index contributed by atoms with van der Waals surface area (Å²) >= 11 is 0. The third kappa shape index (κ3) is 5.88. The van der Waals surface area contributed by atoms with E-state index in [-0.39, 0.29) is 31.0 Å². The molecule has 0 aromatic carbocycles. The molecule has 1 aliphatic heterocycles. The number of nitrogens with one attached hydrogen (secondary N) is 1. The van der Waals surface area contributed by atoms with Crippen molar-refractivity contribution >= 4 is 11.9 Å². The summed E-state index contributed by atoms with van der Waals surface area (Å²) < 4.78 is 5.69. The molecule has 1 aliphatic rings. The molecular weight excluding hydrogens is 260 g/mol. The molecule has 2 N–H and O–H groups in total. The second-order valence-electron chi connectivity index (χ2n) is 5.24. The second kappa shape index (κ2) is 8.92. The largest absolute Gasteiger partial charge is 0.480 e. The molecule has 116 valence electrons. The van der Waals surface area contributed by atoms with Gasteiger partial charge >= 0.3 is 5.97 Å². The van der Waals surface area contributed by atoms with Gasteiger partial charge in [-0.3, -0.25) is 9.59 Å². The fraction of sp³-hybridized carbons (Fsp3) is 0.857. The minimum atomic E-state index is -0.974. The van der Waals surface area contributed by atoms with Gasteiger partial charge in [-0.15, -0.1) is 0 Å². The lowest BCUT2D eigenvalue weighted by Gasteiger charge is -2.28. The van der Waals surface area contributed by atoms with Gasteiger partial charge in [0.15, 0.2) is 0 Å². The Morgan fingerprint density at radius 3 is 2.60 bits per heavy atom. The van der Waals surface area contributed by atoms with E-state index < -0.39 is 5.97 Å². The lowest BCUT2D eigenvalue weighted by molar-refractivity contribution is -0.146. The van der Waals surface area contributed by atoms with Gasteiger partial charge in [0.1, 0.15) is 6.54 Å². The molecule has 0 aromatic heterocycles. The molecule has 1 fully saturated rings. The number of amides is 1. The van der Waals surface area contributed by atoms with Crippen LogP contribution in [0.2, 0.25) is 0 Å². The molecule has 1 unspecified atom stereocenters. The summed E-state index contributed by atoms with van der Waals surface area (Å²) in [7, 11) is 0. The van der Waals surface area contributed by atoms with E-state index in [9.17, 15) is 9.59 Å². The highest BCUT2D eigenvalue weighted by atomic mass is 16.5. The number of aliphatic carboxylic acids is 1. The first-order valence-corrected chi connectivity index (χ1v) is 7.38. The van der Waals surface area contributed by atoms with Crippen molar-refractivity contribution in [1.29, 1.82) is 0 Å². The number of nitrogens with zero attached hydrogens (tertiary/aromatic N) is 1. The summed E-state index contributed by atoms with van der Waals surface area (Å²) in [6.07, 6.45) is 3.16. The molecule has 0 aliphatic carbocycles. The zero-order valence-electron chi connectivity index (χ0n) is 12.4. The average Bonchev–Trinajstić information content (AvgIpc) is 2.44. The van der Waals surface area contributed by atoms with Gasteiger partial charge in [0.05, 0.1) is 19.1 Å².